The number of nitrogens with zero attached hydrogens (tertiary/aromatic N) is 2. The molecular formula is C14H24N2. The fourth-order valence-corrected chi connectivity index (χ4v) is 2.24. The molecule has 1 heterocycles. The SMILES string of the molecule is CCCCC(C)(CCC)c1cnc(C)nc1. The fourth-order valence-electron chi connectivity index (χ4n) is 2.24. The molecule has 0 radical (unpaired) electrons. The molecule has 0 aliphatic rings. The van der Waals surface area contributed by atoms with Crippen LogP contribution in [0.5, 0.6) is 0 Å². The average Bonchev–Trinajstić information content (AvgIpc) is 2.27. The molecule has 0 saturated heterocycles. The number of unbranched alkanes of at least 4 members (excludes halogenated alkanes) is 1. The van der Waals surface area contributed by atoms with E-state index in [1.165, 1.54) is 37.7 Å². The van der Waals surface area contributed by atoms with Crippen LogP contribution in [0.1, 0.15) is 64.3 Å². The first-order valence-corrected chi connectivity index (χ1v) is 6.41. The largest absolute Gasteiger partial charge is 0.241 e. The lowest BCUT2D eigenvalue weighted by molar-refractivity contribution is 0.380. The van der Waals surface area contributed by atoms with E-state index in [1.807, 2.05) is 19.3 Å². The van der Waals surface area contributed by atoms with Crippen molar-refractivity contribution >= 4 is 0 Å². The minimum absolute atomic E-state index is 0.262. The highest BCUT2D eigenvalue weighted by Gasteiger charge is 2.25. The molecule has 0 aliphatic carbocycles. The number of hydrogen-bond acceptors (Lipinski definition) is 2. The molecule has 2 nitrogen and oxygen atoms in total. The van der Waals surface area contributed by atoms with Crippen LogP contribution in [0.25, 0.3) is 0 Å². The minimum Gasteiger partial charge on any atom is -0.241 e. The number of hydrogen-bond donors (Lipinski definition) is 0. The van der Waals surface area contributed by atoms with Crippen LogP contribution in [-0.4, -0.2) is 9.97 Å². The zero-order valence-corrected chi connectivity index (χ0v) is 11.1. The molecule has 2 heteroatoms. The summed E-state index contributed by atoms with van der Waals surface area (Å²) in [6.45, 7) is 8.78. The van der Waals surface area contributed by atoms with Gasteiger partial charge in [-0.25, -0.2) is 9.97 Å². The monoisotopic (exact) mass is 220 g/mol. The van der Waals surface area contributed by atoms with E-state index in [2.05, 4.69) is 30.7 Å². The molecule has 1 atom stereocenters. The molecular weight excluding hydrogens is 196 g/mol. The Morgan fingerprint density at radius 1 is 1.06 bits per heavy atom. The lowest BCUT2D eigenvalue weighted by Gasteiger charge is -2.29. The highest BCUT2D eigenvalue weighted by atomic mass is 14.8. The number of aromatic nitrogens is 2. The third-order valence-corrected chi connectivity index (χ3v) is 3.36. The van der Waals surface area contributed by atoms with E-state index >= 15 is 0 Å². The van der Waals surface area contributed by atoms with Gasteiger partial charge in [0.15, 0.2) is 0 Å². The zero-order chi connectivity index (χ0) is 12.0. The Bertz CT molecular complexity index is 305. The van der Waals surface area contributed by atoms with Crippen LogP contribution in [-0.2, 0) is 5.41 Å². The Morgan fingerprint density at radius 2 is 1.69 bits per heavy atom. The first kappa shape index (κ1) is 13.1. The van der Waals surface area contributed by atoms with Gasteiger partial charge >= 0.3 is 0 Å². The molecule has 0 N–H and O–H groups in total. The highest BCUT2D eigenvalue weighted by Crippen LogP contribution is 2.33. The lowest BCUT2D eigenvalue weighted by atomic mass is 9.76. The quantitative estimate of drug-likeness (QED) is 0.723. The molecule has 0 saturated carbocycles. The Kier molecular flexibility index (Phi) is 4.91. The maximum absolute atomic E-state index is 4.32. The van der Waals surface area contributed by atoms with E-state index in [-0.39, 0.29) is 5.41 Å². The summed E-state index contributed by atoms with van der Waals surface area (Å²) in [6, 6.07) is 0. The first-order chi connectivity index (χ1) is 7.62. The van der Waals surface area contributed by atoms with E-state index in [4.69, 9.17) is 0 Å². The van der Waals surface area contributed by atoms with Crippen molar-refractivity contribution in [3.8, 4) is 0 Å². The van der Waals surface area contributed by atoms with Crippen LogP contribution < -0.4 is 0 Å². The van der Waals surface area contributed by atoms with Crippen LogP contribution in [0.2, 0.25) is 0 Å². The molecule has 1 aromatic heterocycles. The van der Waals surface area contributed by atoms with Crippen LogP contribution >= 0.6 is 0 Å². The van der Waals surface area contributed by atoms with Gasteiger partial charge in [0.25, 0.3) is 0 Å². The average molecular weight is 220 g/mol. The Morgan fingerprint density at radius 3 is 2.19 bits per heavy atom. The van der Waals surface area contributed by atoms with Crippen LogP contribution in [0.3, 0.4) is 0 Å². The van der Waals surface area contributed by atoms with Crippen molar-refractivity contribution in [3.05, 3.63) is 23.8 Å². The summed E-state index contributed by atoms with van der Waals surface area (Å²) in [7, 11) is 0. The summed E-state index contributed by atoms with van der Waals surface area (Å²) in [5.41, 5.74) is 1.56. The van der Waals surface area contributed by atoms with Crippen molar-refractivity contribution in [2.24, 2.45) is 0 Å². The molecule has 0 aliphatic heterocycles. The summed E-state index contributed by atoms with van der Waals surface area (Å²) in [4.78, 5) is 8.65. The molecule has 90 valence electrons. The smallest absolute Gasteiger partial charge is 0.125 e. The van der Waals surface area contributed by atoms with Crippen molar-refractivity contribution in [3.63, 3.8) is 0 Å². The first-order valence-electron chi connectivity index (χ1n) is 6.41. The van der Waals surface area contributed by atoms with Gasteiger partial charge in [0.1, 0.15) is 5.82 Å². The summed E-state index contributed by atoms with van der Waals surface area (Å²) in [6.07, 6.45) is 10.2. The van der Waals surface area contributed by atoms with Crippen LogP contribution in [0, 0.1) is 6.92 Å². The van der Waals surface area contributed by atoms with Crippen molar-refractivity contribution in [1.29, 1.82) is 0 Å². The molecule has 1 rings (SSSR count). The summed E-state index contributed by atoms with van der Waals surface area (Å²) < 4.78 is 0. The molecule has 0 fully saturated rings. The molecule has 0 aromatic carbocycles. The van der Waals surface area contributed by atoms with Gasteiger partial charge in [-0.3, -0.25) is 0 Å². The second-order valence-corrected chi connectivity index (χ2v) is 4.93. The van der Waals surface area contributed by atoms with Gasteiger partial charge in [-0.05, 0) is 30.7 Å². The van der Waals surface area contributed by atoms with Gasteiger partial charge < -0.3 is 0 Å². The molecule has 0 spiro atoms. The Hall–Kier alpha value is -0.920. The van der Waals surface area contributed by atoms with Gasteiger partial charge in [-0.2, -0.15) is 0 Å². The molecule has 0 amide bonds. The van der Waals surface area contributed by atoms with Gasteiger partial charge in [0.2, 0.25) is 0 Å². The van der Waals surface area contributed by atoms with E-state index in [9.17, 15) is 0 Å². The Balaban J connectivity index is 2.86. The third-order valence-electron chi connectivity index (χ3n) is 3.36. The van der Waals surface area contributed by atoms with E-state index < -0.39 is 0 Å². The second kappa shape index (κ2) is 5.97. The van der Waals surface area contributed by atoms with Crippen LogP contribution in [0.4, 0.5) is 0 Å². The highest BCUT2D eigenvalue weighted by molar-refractivity contribution is 5.18. The Labute approximate surface area is 99.5 Å². The van der Waals surface area contributed by atoms with E-state index in [0.717, 1.165) is 5.82 Å². The summed E-state index contributed by atoms with van der Waals surface area (Å²) in [5, 5.41) is 0. The van der Waals surface area contributed by atoms with Gasteiger partial charge in [-0.1, -0.05) is 40.0 Å². The maximum atomic E-state index is 4.32. The molecule has 16 heavy (non-hydrogen) atoms. The van der Waals surface area contributed by atoms with E-state index in [0.29, 0.717) is 0 Å². The molecule has 1 aromatic rings. The summed E-state index contributed by atoms with van der Waals surface area (Å²) in [5.74, 6) is 0.859. The number of rotatable bonds is 6. The third kappa shape index (κ3) is 3.29. The van der Waals surface area contributed by atoms with Crippen molar-refractivity contribution in [2.75, 3.05) is 0 Å². The maximum Gasteiger partial charge on any atom is 0.125 e. The molecule has 1 unspecified atom stereocenters. The van der Waals surface area contributed by atoms with E-state index in [1.54, 1.807) is 0 Å². The van der Waals surface area contributed by atoms with Gasteiger partial charge in [-0.15, -0.1) is 0 Å². The topological polar surface area (TPSA) is 25.8 Å². The van der Waals surface area contributed by atoms with Crippen molar-refractivity contribution in [1.82, 2.24) is 9.97 Å². The molecule has 0 bridgehead atoms. The van der Waals surface area contributed by atoms with Gasteiger partial charge in [0.05, 0.1) is 0 Å². The fraction of sp³-hybridized carbons (Fsp3) is 0.714. The normalized spacial score (nSPS) is 14.8. The van der Waals surface area contributed by atoms with Crippen molar-refractivity contribution < 1.29 is 0 Å². The predicted molar refractivity (Wildman–Crippen MR) is 68.6 cm³/mol. The second-order valence-electron chi connectivity index (χ2n) is 4.93. The summed E-state index contributed by atoms with van der Waals surface area (Å²) >= 11 is 0. The lowest BCUT2D eigenvalue weighted by Crippen LogP contribution is -2.22. The van der Waals surface area contributed by atoms with Gasteiger partial charge in [0, 0.05) is 12.4 Å². The standard InChI is InChI=1S/C14H24N2/c1-5-7-9-14(4,8-6-2)13-10-15-12(3)16-11-13/h10-11H,5-9H2,1-4H3. The minimum atomic E-state index is 0.262. The predicted octanol–water partition coefficient (Wildman–Crippen LogP) is 4.03. The zero-order valence-electron chi connectivity index (χ0n) is 11.1. The van der Waals surface area contributed by atoms with Crippen LogP contribution in [0.15, 0.2) is 12.4 Å². The number of aryl methyl sites for hydroxylation is 1. The van der Waals surface area contributed by atoms with Crippen molar-refractivity contribution in [2.45, 2.75) is 65.2 Å².